The zero-order valence-corrected chi connectivity index (χ0v) is 13.7. The van der Waals surface area contributed by atoms with Gasteiger partial charge in [-0.25, -0.2) is 9.97 Å². The SMILES string of the molecule is CC(C)c1nc2c(c(N3[C@@H]4CC[C@H]3CC(O)C4)n1)CCNC2=O. The van der Waals surface area contributed by atoms with Crippen LogP contribution in [0.15, 0.2) is 0 Å². The van der Waals surface area contributed by atoms with Crippen LogP contribution >= 0.6 is 0 Å². The molecule has 2 fully saturated rings. The number of fused-ring (bicyclic) bond motifs is 3. The normalized spacial score (nSPS) is 29.7. The van der Waals surface area contributed by atoms with Crippen molar-refractivity contribution in [2.75, 3.05) is 11.4 Å². The molecule has 6 heteroatoms. The van der Waals surface area contributed by atoms with Gasteiger partial charge in [0.2, 0.25) is 0 Å². The van der Waals surface area contributed by atoms with Crippen LogP contribution in [0, 0.1) is 0 Å². The fourth-order valence-corrected chi connectivity index (χ4v) is 4.26. The van der Waals surface area contributed by atoms with Crippen LogP contribution in [-0.2, 0) is 6.42 Å². The van der Waals surface area contributed by atoms with Gasteiger partial charge in [-0.05, 0) is 32.1 Å². The van der Waals surface area contributed by atoms with Crippen LogP contribution in [0.1, 0.15) is 67.3 Å². The van der Waals surface area contributed by atoms with Crippen molar-refractivity contribution in [1.82, 2.24) is 15.3 Å². The van der Waals surface area contributed by atoms with Gasteiger partial charge in [0.25, 0.3) is 5.91 Å². The van der Waals surface area contributed by atoms with Crippen molar-refractivity contribution >= 4 is 11.7 Å². The highest BCUT2D eigenvalue weighted by Gasteiger charge is 2.42. The van der Waals surface area contributed by atoms with E-state index in [1.807, 2.05) is 0 Å². The zero-order valence-electron chi connectivity index (χ0n) is 13.7. The van der Waals surface area contributed by atoms with Crippen molar-refractivity contribution < 1.29 is 9.90 Å². The first kappa shape index (κ1) is 14.9. The first-order chi connectivity index (χ1) is 11.0. The predicted molar refractivity (Wildman–Crippen MR) is 86.7 cm³/mol. The van der Waals surface area contributed by atoms with Crippen LogP contribution in [-0.4, -0.2) is 45.7 Å². The van der Waals surface area contributed by atoms with E-state index < -0.39 is 0 Å². The lowest BCUT2D eigenvalue weighted by Gasteiger charge is -2.39. The first-order valence-corrected chi connectivity index (χ1v) is 8.70. The Kier molecular flexibility index (Phi) is 3.52. The predicted octanol–water partition coefficient (Wildman–Crippen LogP) is 1.38. The molecule has 0 saturated carbocycles. The number of aliphatic hydroxyl groups excluding tert-OH is 1. The third kappa shape index (κ3) is 2.40. The Hall–Kier alpha value is -1.69. The molecule has 3 atom stereocenters. The summed E-state index contributed by atoms with van der Waals surface area (Å²) in [5.74, 6) is 1.79. The van der Waals surface area contributed by atoms with Crippen molar-refractivity contribution in [2.45, 2.75) is 70.1 Å². The van der Waals surface area contributed by atoms with Gasteiger partial charge < -0.3 is 15.3 Å². The molecule has 1 aromatic rings. The molecule has 0 aromatic carbocycles. The van der Waals surface area contributed by atoms with Crippen LogP contribution in [0.2, 0.25) is 0 Å². The Morgan fingerprint density at radius 3 is 2.57 bits per heavy atom. The molecule has 0 spiro atoms. The van der Waals surface area contributed by atoms with Crippen LogP contribution in [0.3, 0.4) is 0 Å². The molecule has 2 saturated heterocycles. The number of carbonyl (C=O) groups excluding carboxylic acids is 1. The highest BCUT2D eigenvalue weighted by atomic mass is 16.3. The van der Waals surface area contributed by atoms with E-state index in [-0.39, 0.29) is 17.9 Å². The fraction of sp³-hybridized carbons (Fsp3) is 0.706. The third-order valence-electron chi connectivity index (χ3n) is 5.35. The van der Waals surface area contributed by atoms with E-state index in [9.17, 15) is 9.90 Å². The van der Waals surface area contributed by atoms with Crippen LogP contribution in [0.5, 0.6) is 0 Å². The second kappa shape index (κ2) is 5.44. The topological polar surface area (TPSA) is 78.3 Å². The number of aliphatic hydroxyl groups is 1. The standard InChI is InChI=1S/C17H24N4O2/c1-9(2)15-19-14-13(5-6-18-17(14)23)16(20-15)21-10-3-4-11(21)8-12(22)7-10/h9-12,22H,3-8H2,1-2H3,(H,18,23)/t10-,11+,12?. The summed E-state index contributed by atoms with van der Waals surface area (Å²) in [5, 5.41) is 12.9. The Labute approximate surface area is 136 Å². The van der Waals surface area contributed by atoms with E-state index in [0.717, 1.165) is 49.3 Å². The third-order valence-corrected chi connectivity index (χ3v) is 5.35. The second-order valence-corrected chi connectivity index (χ2v) is 7.31. The molecule has 3 aliphatic rings. The summed E-state index contributed by atoms with van der Waals surface area (Å²) < 4.78 is 0. The van der Waals surface area contributed by atoms with Crippen molar-refractivity contribution in [1.29, 1.82) is 0 Å². The molecule has 2 bridgehead atoms. The minimum atomic E-state index is -0.200. The summed E-state index contributed by atoms with van der Waals surface area (Å²) in [5.41, 5.74) is 1.54. The van der Waals surface area contributed by atoms with Gasteiger partial charge in [-0.15, -0.1) is 0 Å². The van der Waals surface area contributed by atoms with Gasteiger partial charge in [-0.2, -0.15) is 0 Å². The molecule has 3 aliphatic heterocycles. The molecule has 6 nitrogen and oxygen atoms in total. The average Bonchev–Trinajstić information content (AvgIpc) is 2.78. The van der Waals surface area contributed by atoms with Gasteiger partial charge in [0, 0.05) is 30.1 Å². The van der Waals surface area contributed by atoms with Gasteiger partial charge in [-0.3, -0.25) is 4.79 Å². The number of carbonyl (C=O) groups is 1. The van der Waals surface area contributed by atoms with E-state index in [1.54, 1.807) is 0 Å². The van der Waals surface area contributed by atoms with Crippen LogP contribution in [0.25, 0.3) is 0 Å². The van der Waals surface area contributed by atoms with Gasteiger partial charge in [-0.1, -0.05) is 13.8 Å². The maximum atomic E-state index is 12.3. The molecule has 4 rings (SSSR count). The highest BCUT2D eigenvalue weighted by molar-refractivity contribution is 5.96. The molecule has 2 N–H and O–H groups in total. The Morgan fingerprint density at radius 1 is 1.22 bits per heavy atom. The van der Waals surface area contributed by atoms with Crippen LogP contribution < -0.4 is 10.2 Å². The molecular weight excluding hydrogens is 292 g/mol. The van der Waals surface area contributed by atoms with Crippen molar-refractivity contribution in [3.63, 3.8) is 0 Å². The van der Waals surface area contributed by atoms with E-state index in [4.69, 9.17) is 4.98 Å². The average molecular weight is 316 g/mol. The lowest BCUT2D eigenvalue weighted by molar-refractivity contribution is 0.0939. The Morgan fingerprint density at radius 2 is 1.91 bits per heavy atom. The molecule has 23 heavy (non-hydrogen) atoms. The number of piperidine rings is 1. The molecule has 0 radical (unpaired) electrons. The number of nitrogens with zero attached hydrogens (tertiary/aromatic N) is 3. The first-order valence-electron chi connectivity index (χ1n) is 8.70. The molecule has 124 valence electrons. The smallest absolute Gasteiger partial charge is 0.270 e. The summed E-state index contributed by atoms with van der Waals surface area (Å²) in [6.07, 6.45) is 4.40. The van der Waals surface area contributed by atoms with Crippen molar-refractivity contribution in [3.8, 4) is 0 Å². The summed E-state index contributed by atoms with van der Waals surface area (Å²) in [6, 6.07) is 0.681. The highest BCUT2D eigenvalue weighted by Crippen LogP contribution is 2.41. The largest absolute Gasteiger partial charge is 0.393 e. The number of aromatic nitrogens is 2. The van der Waals surface area contributed by atoms with E-state index in [0.29, 0.717) is 24.3 Å². The molecular formula is C17H24N4O2. The summed E-state index contributed by atoms with van der Waals surface area (Å²) in [6.45, 7) is 4.76. The van der Waals surface area contributed by atoms with E-state index >= 15 is 0 Å². The summed E-state index contributed by atoms with van der Waals surface area (Å²) in [7, 11) is 0. The minimum Gasteiger partial charge on any atom is -0.393 e. The number of amides is 1. The molecule has 0 aliphatic carbocycles. The quantitative estimate of drug-likeness (QED) is 0.862. The molecule has 1 amide bonds. The maximum absolute atomic E-state index is 12.3. The van der Waals surface area contributed by atoms with Gasteiger partial charge in [0.15, 0.2) is 0 Å². The monoisotopic (exact) mass is 316 g/mol. The van der Waals surface area contributed by atoms with Gasteiger partial charge in [0.05, 0.1) is 6.10 Å². The summed E-state index contributed by atoms with van der Waals surface area (Å²) in [4.78, 5) is 24.1. The number of anilines is 1. The lowest BCUT2D eigenvalue weighted by Crippen LogP contribution is -2.47. The maximum Gasteiger partial charge on any atom is 0.270 e. The van der Waals surface area contributed by atoms with Gasteiger partial charge >= 0.3 is 0 Å². The number of rotatable bonds is 2. The van der Waals surface area contributed by atoms with E-state index in [2.05, 4.69) is 29.0 Å². The Balaban J connectivity index is 1.83. The fourth-order valence-electron chi connectivity index (χ4n) is 4.26. The number of hydrogen-bond donors (Lipinski definition) is 2. The molecule has 4 heterocycles. The molecule has 1 unspecified atom stereocenters. The minimum absolute atomic E-state index is 0.0822. The van der Waals surface area contributed by atoms with Crippen molar-refractivity contribution in [2.24, 2.45) is 0 Å². The molecule has 1 aromatic heterocycles. The Bertz CT molecular complexity index is 632. The second-order valence-electron chi connectivity index (χ2n) is 7.31. The lowest BCUT2D eigenvalue weighted by atomic mass is 9.97. The number of nitrogens with one attached hydrogen (secondary N) is 1. The number of hydrogen-bond acceptors (Lipinski definition) is 5. The zero-order chi connectivity index (χ0) is 16.1. The summed E-state index contributed by atoms with van der Waals surface area (Å²) >= 11 is 0. The van der Waals surface area contributed by atoms with Gasteiger partial charge in [0.1, 0.15) is 17.3 Å². The van der Waals surface area contributed by atoms with Crippen molar-refractivity contribution in [3.05, 3.63) is 17.1 Å². The van der Waals surface area contributed by atoms with E-state index in [1.165, 1.54) is 0 Å². The van der Waals surface area contributed by atoms with Crippen LogP contribution in [0.4, 0.5) is 5.82 Å².